The van der Waals surface area contributed by atoms with Crippen molar-refractivity contribution in [2.75, 3.05) is 18.5 Å². The van der Waals surface area contributed by atoms with Crippen LogP contribution in [0.1, 0.15) is 12.0 Å². The summed E-state index contributed by atoms with van der Waals surface area (Å²) in [5.74, 6) is 0.890. The van der Waals surface area contributed by atoms with Crippen molar-refractivity contribution >= 4 is 17.7 Å². The largest absolute Gasteiger partial charge is 0.490 e. The number of hydrogen-bond acceptors (Lipinski definition) is 5. The van der Waals surface area contributed by atoms with Crippen LogP contribution >= 0.6 is 0 Å². The first-order valence-electron chi connectivity index (χ1n) is 9.43. The monoisotopic (exact) mass is 406 g/mol. The number of nitrogens with zero attached hydrogens (tertiary/aromatic N) is 1. The highest BCUT2D eigenvalue weighted by molar-refractivity contribution is 6.02. The van der Waals surface area contributed by atoms with Gasteiger partial charge in [-0.25, -0.2) is 4.39 Å². The summed E-state index contributed by atoms with van der Waals surface area (Å²) in [5.41, 5.74) is 1.11. The highest BCUT2D eigenvalue weighted by Crippen LogP contribution is 2.32. The predicted octanol–water partition coefficient (Wildman–Crippen LogP) is 4.83. The van der Waals surface area contributed by atoms with Gasteiger partial charge in [-0.3, -0.25) is 9.78 Å². The molecular formula is C23H19FN2O4. The van der Waals surface area contributed by atoms with Gasteiger partial charge < -0.3 is 19.5 Å². The number of fused-ring (bicyclic) bond motifs is 1. The number of benzene rings is 2. The number of nitrogens with one attached hydrogen (secondary N) is 1. The normalized spacial score (nSPS) is 13.0. The molecule has 1 N–H and O–H groups in total. The van der Waals surface area contributed by atoms with Crippen LogP contribution in [0.2, 0.25) is 0 Å². The van der Waals surface area contributed by atoms with Gasteiger partial charge in [0.15, 0.2) is 23.1 Å². The highest BCUT2D eigenvalue weighted by Gasteiger charge is 2.11. The maximum absolute atomic E-state index is 14.3. The lowest BCUT2D eigenvalue weighted by Gasteiger charge is -2.09. The van der Waals surface area contributed by atoms with Crippen molar-refractivity contribution in [3.8, 4) is 23.0 Å². The first-order chi connectivity index (χ1) is 14.7. The molecule has 0 spiro atoms. The Bertz CT molecular complexity index is 1070. The van der Waals surface area contributed by atoms with E-state index < -0.39 is 5.82 Å². The van der Waals surface area contributed by atoms with Gasteiger partial charge in [-0.2, -0.15) is 0 Å². The minimum absolute atomic E-state index is 0.0804. The Morgan fingerprint density at radius 3 is 2.77 bits per heavy atom. The summed E-state index contributed by atoms with van der Waals surface area (Å²) in [5, 5.41) is 2.75. The summed E-state index contributed by atoms with van der Waals surface area (Å²) in [6.07, 6.45) is 6.77. The molecule has 4 rings (SSSR count). The molecule has 7 heteroatoms. The zero-order valence-corrected chi connectivity index (χ0v) is 16.0. The molecule has 2 aromatic carbocycles. The van der Waals surface area contributed by atoms with Gasteiger partial charge in [0.05, 0.1) is 19.4 Å². The number of pyridine rings is 1. The first-order valence-corrected chi connectivity index (χ1v) is 9.43. The van der Waals surface area contributed by atoms with Crippen molar-refractivity contribution in [2.45, 2.75) is 6.42 Å². The molecule has 1 amide bonds. The molecule has 0 unspecified atom stereocenters. The Morgan fingerprint density at radius 2 is 1.97 bits per heavy atom. The van der Waals surface area contributed by atoms with Gasteiger partial charge in [-0.1, -0.05) is 6.07 Å². The minimum atomic E-state index is -0.538. The number of carbonyl (C=O) groups excluding carboxylic acids is 1. The number of ether oxygens (including phenoxy) is 3. The van der Waals surface area contributed by atoms with Crippen LogP contribution in [0.15, 0.2) is 67.0 Å². The Balaban J connectivity index is 1.39. The summed E-state index contributed by atoms with van der Waals surface area (Å²) < 4.78 is 30.9. The molecule has 6 nitrogen and oxygen atoms in total. The zero-order valence-electron chi connectivity index (χ0n) is 16.0. The SMILES string of the molecule is O=C(/C=C/c1ccc(Oc2cccnc2)c(F)c1)Nc1ccc2c(c1)OCCCO2. The summed E-state index contributed by atoms with van der Waals surface area (Å²) >= 11 is 0. The highest BCUT2D eigenvalue weighted by atomic mass is 19.1. The standard InChI is InChI=1S/C23H19FN2O4/c24-19-13-16(4-7-20(19)30-18-3-1-10-25-15-18)5-9-23(27)26-17-6-8-21-22(14-17)29-12-2-11-28-21/h1,3-10,13-15H,2,11-12H2,(H,26,27)/b9-5+. The second-order valence-electron chi connectivity index (χ2n) is 6.52. The molecule has 3 aromatic rings. The molecule has 1 aliphatic rings. The van der Waals surface area contributed by atoms with E-state index >= 15 is 0 Å². The molecule has 0 atom stereocenters. The van der Waals surface area contributed by atoms with E-state index in [1.807, 2.05) is 0 Å². The molecule has 0 radical (unpaired) electrons. The van der Waals surface area contributed by atoms with E-state index in [4.69, 9.17) is 14.2 Å². The molecule has 0 saturated heterocycles. The lowest BCUT2D eigenvalue weighted by Crippen LogP contribution is -2.08. The quantitative estimate of drug-likeness (QED) is 0.615. The van der Waals surface area contributed by atoms with Crippen LogP contribution in [-0.4, -0.2) is 24.1 Å². The van der Waals surface area contributed by atoms with Crippen molar-refractivity contribution in [1.82, 2.24) is 4.98 Å². The topological polar surface area (TPSA) is 69.7 Å². The van der Waals surface area contributed by atoms with Gasteiger partial charge in [0.1, 0.15) is 5.75 Å². The van der Waals surface area contributed by atoms with Crippen LogP contribution in [0.3, 0.4) is 0 Å². The number of halogens is 1. The molecule has 0 saturated carbocycles. The van der Waals surface area contributed by atoms with Gasteiger partial charge in [0.25, 0.3) is 0 Å². The summed E-state index contributed by atoms with van der Waals surface area (Å²) in [4.78, 5) is 16.1. The van der Waals surface area contributed by atoms with Gasteiger partial charge in [0.2, 0.25) is 5.91 Å². The average molecular weight is 406 g/mol. The lowest BCUT2D eigenvalue weighted by atomic mass is 10.2. The minimum Gasteiger partial charge on any atom is -0.490 e. The van der Waals surface area contributed by atoms with E-state index in [0.29, 0.717) is 41.7 Å². The van der Waals surface area contributed by atoms with E-state index in [9.17, 15) is 9.18 Å². The van der Waals surface area contributed by atoms with Crippen molar-refractivity contribution < 1.29 is 23.4 Å². The van der Waals surface area contributed by atoms with E-state index in [0.717, 1.165) is 6.42 Å². The third-order valence-electron chi connectivity index (χ3n) is 4.26. The van der Waals surface area contributed by atoms with E-state index in [2.05, 4.69) is 10.3 Å². The van der Waals surface area contributed by atoms with Gasteiger partial charge in [0, 0.05) is 30.4 Å². The molecule has 2 heterocycles. The fourth-order valence-electron chi connectivity index (χ4n) is 2.83. The summed E-state index contributed by atoms with van der Waals surface area (Å²) in [6.45, 7) is 1.17. The molecule has 0 bridgehead atoms. The van der Waals surface area contributed by atoms with Crippen molar-refractivity contribution in [3.63, 3.8) is 0 Å². The molecule has 1 aromatic heterocycles. The van der Waals surface area contributed by atoms with Crippen LogP contribution in [0, 0.1) is 5.82 Å². The van der Waals surface area contributed by atoms with E-state index in [-0.39, 0.29) is 11.7 Å². The van der Waals surface area contributed by atoms with Crippen LogP contribution in [-0.2, 0) is 4.79 Å². The number of rotatable bonds is 5. The van der Waals surface area contributed by atoms with E-state index in [1.54, 1.807) is 42.6 Å². The predicted molar refractivity (Wildman–Crippen MR) is 110 cm³/mol. The molecule has 30 heavy (non-hydrogen) atoms. The Kier molecular flexibility index (Phi) is 5.89. The molecule has 152 valence electrons. The summed E-state index contributed by atoms with van der Waals surface area (Å²) in [6, 6.07) is 13.1. The number of aromatic nitrogens is 1. The number of hydrogen-bond donors (Lipinski definition) is 1. The van der Waals surface area contributed by atoms with Gasteiger partial charge >= 0.3 is 0 Å². The van der Waals surface area contributed by atoms with Crippen molar-refractivity contribution in [3.05, 3.63) is 78.4 Å². The van der Waals surface area contributed by atoms with Crippen LogP contribution in [0.5, 0.6) is 23.0 Å². The fourth-order valence-corrected chi connectivity index (χ4v) is 2.83. The summed E-state index contributed by atoms with van der Waals surface area (Å²) in [7, 11) is 0. The average Bonchev–Trinajstić information content (AvgIpc) is 3.00. The molecular weight excluding hydrogens is 387 g/mol. The maximum Gasteiger partial charge on any atom is 0.248 e. The molecule has 0 fully saturated rings. The zero-order chi connectivity index (χ0) is 20.8. The smallest absolute Gasteiger partial charge is 0.248 e. The first kappa shape index (κ1) is 19.4. The van der Waals surface area contributed by atoms with Crippen molar-refractivity contribution in [2.24, 2.45) is 0 Å². The third-order valence-corrected chi connectivity index (χ3v) is 4.26. The second-order valence-corrected chi connectivity index (χ2v) is 6.52. The Labute approximate surface area is 172 Å². The van der Waals surface area contributed by atoms with Crippen LogP contribution in [0.25, 0.3) is 6.08 Å². The Hall–Kier alpha value is -3.87. The fraction of sp³-hybridized carbons (Fsp3) is 0.130. The Morgan fingerprint density at radius 1 is 1.10 bits per heavy atom. The number of anilines is 1. The number of carbonyl (C=O) groups is 1. The second kappa shape index (κ2) is 9.09. The third kappa shape index (κ3) is 4.94. The lowest BCUT2D eigenvalue weighted by molar-refractivity contribution is -0.111. The van der Waals surface area contributed by atoms with Crippen LogP contribution in [0.4, 0.5) is 10.1 Å². The number of amides is 1. The van der Waals surface area contributed by atoms with Crippen LogP contribution < -0.4 is 19.5 Å². The van der Waals surface area contributed by atoms with Crippen molar-refractivity contribution in [1.29, 1.82) is 0 Å². The molecule has 1 aliphatic heterocycles. The van der Waals surface area contributed by atoms with Gasteiger partial charge in [-0.05, 0) is 48.0 Å². The molecule has 0 aliphatic carbocycles. The maximum atomic E-state index is 14.3. The van der Waals surface area contributed by atoms with Gasteiger partial charge in [-0.15, -0.1) is 0 Å². The van der Waals surface area contributed by atoms with E-state index in [1.165, 1.54) is 30.5 Å².